The molecule has 0 saturated heterocycles. The van der Waals surface area contributed by atoms with Crippen molar-refractivity contribution in [2.75, 3.05) is 19.8 Å². The van der Waals surface area contributed by atoms with Crippen molar-refractivity contribution in [3.8, 4) is 0 Å². The standard InChI is InChI=1S/C14H26O6/c1-3-5-9-18-14(19-10-6-4-2)11-20-13(17)8-7-12(15)16/h14H,3-11H2,1-2H3,(H,15,16). The zero-order valence-electron chi connectivity index (χ0n) is 12.4. The summed E-state index contributed by atoms with van der Waals surface area (Å²) in [4.78, 5) is 21.6. The van der Waals surface area contributed by atoms with Crippen LogP contribution in [0.1, 0.15) is 52.4 Å². The molecular formula is C14H26O6. The highest BCUT2D eigenvalue weighted by Crippen LogP contribution is 2.03. The second-order valence-corrected chi connectivity index (χ2v) is 4.45. The average Bonchev–Trinajstić information content (AvgIpc) is 2.42. The summed E-state index contributed by atoms with van der Waals surface area (Å²) < 4.78 is 15.9. The molecule has 20 heavy (non-hydrogen) atoms. The van der Waals surface area contributed by atoms with Crippen molar-refractivity contribution in [3.63, 3.8) is 0 Å². The van der Waals surface area contributed by atoms with E-state index >= 15 is 0 Å². The molecule has 0 rings (SSSR count). The topological polar surface area (TPSA) is 82.1 Å². The average molecular weight is 290 g/mol. The Hall–Kier alpha value is -1.14. The van der Waals surface area contributed by atoms with Crippen molar-refractivity contribution in [3.05, 3.63) is 0 Å². The van der Waals surface area contributed by atoms with Crippen LogP contribution in [0.25, 0.3) is 0 Å². The van der Waals surface area contributed by atoms with E-state index in [1.165, 1.54) is 0 Å². The van der Waals surface area contributed by atoms with Gasteiger partial charge in [-0.15, -0.1) is 0 Å². The molecule has 0 heterocycles. The third kappa shape index (κ3) is 11.9. The Bertz CT molecular complexity index is 256. The highest BCUT2D eigenvalue weighted by molar-refractivity contribution is 5.76. The third-order valence-electron chi connectivity index (χ3n) is 2.53. The predicted octanol–water partition coefficient (Wildman–Crippen LogP) is 2.35. The van der Waals surface area contributed by atoms with Crippen LogP contribution in [0.4, 0.5) is 0 Å². The van der Waals surface area contributed by atoms with Crippen molar-refractivity contribution < 1.29 is 28.9 Å². The minimum atomic E-state index is -1.02. The van der Waals surface area contributed by atoms with E-state index in [1.54, 1.807) is 0 Å². The molecule has 0 aliphatic rings. The molecule has 6 heteroatoms. The van der Waals surface area contributed by atoms with Crippen LogP contribution >= 0.6 is 0 Å². The molecule has 0 aromatic carbocycles. The van der Waals surface area contributed by atoms with Gasteiger partial charge in [-0.3, -0.25) is 9.59 Å². The van der Waals surface area contributed by atoms with Crippen LogP contribution in [-0.4, -0.2) is 43.2 Å². The summed E-state index contributed by atoms with van der Waals surface area (Å²) >= 11 is 0. The summed E-state index contributed by atoms with van der Waals surface area (Å²) in [5.41, 5.74) is 0. The fourth-order valence-electron chi connectivity index (χ4n) is 1.30. The lowest BCUT2D eigenvalue weighted by atomic mass is 10.3. The number of carbonyl (C=O) groups excluding carboxylic acids is 1. The summed E-state index contributed by atoms with van der Waals surface area (Å²) in [5, 5.41) is 8.47. The van der Waals surface area contributed by atoms with E-state index in [1.807, 2.05) is 0 Å². The first kappa shape index (κ1) is 18.9. The largest absolute Gasteiger partial charge is 0.481 e. The molecule has 0 amide bonds. The molecule has 0 aliphatic heterocycles. The van der Waals surface area contributed by atoms with Crippen molar-refractivity contribution in [2.45, 2.75) is 58.7 Å². The number of esters is 1. The molecule has 0 aromatic heterocycles. The summed E-state index contributed by atoms with van der Waals surface area (Å²) in [5.74, 6) is -1.56. The zero-order chi connectivity index (χ0) is 15.2. The molecule has 1 N–H and O–H groups in total. The summed E-state index contributed by atoms with van der Waals surface area (Å²) in [6.45, 7) is 5.23. The lowest BCUT2D eigenvalue weighted by Crippen LogP contribution is -2.26. The highest BCUT2D eigenvalue weighted by Gasteiger charge is 2.13. The van der Waals surface area contributed by atoms with Gasteiger partial charge in [0.1, 0.15) is 6.61 Å². The SMILES string of the molecule is CCCCOC(COC(=O)CCC(=O)O)OCCCC. The van der Waals surface area contributed by atoms with Gasteiger partial charge >= 0.3 is 11.9 Å². The second-order valence-electron chi connectivity index (χ2n) is 4.45. The lowest BCUT2D eigenvalue weighted by molar-refractivity contribution is -0.183. The van der Waals surface area contributed by atoms with Crippen molar-refractivity contribution in [1.29, 1.82) is 0 Å². The number of hydrogen-bond acceptors (Lipinski definition) is 5. The first-order valence-corrected chi connectivity index (χ1v) is 7.20. The van der Waals surface area contributed by atoms with Gasteiger partial charge in [0.15, 0.2) is 6.29 Å². The molecule has 0 aromatic rings. The van der Waals surface area contributed by atoms with Crippen LogP contribution in [0.2, 0.25) is 0 Å². The van der Waals surface area contributed by atoms with Gasteiger partial charge in [0.05, 0.1) is 12.8 Å². The summed E-state index contributed by atoms with van der Waals surface area (Å²) in [7, 11) is 0. The number of rotatable bonds is 13. The van der Waals surface area contributed by atoms with Crippen LogP contribution < -0.4 is 0 Å². The number of unbranched alkanes of at least 4 members (excludes halogenated alkanes) is 2. The first-order valence-electron chi connectivity index (χ1n) is 7.20. The van der Waals surface area contributed by atoms with E-state index in [-0.39, 0.29) is 19.4 Å². The van der Waals surface area contributed by atoms with Gasteiger partial charge in [0, 0.05) is 13.2 Å². The number of carboxylic acid groups (broad SMARTS) is 1. The van der Waals surface area contributed by atoms with E-state index in [2.05, 4.69) is 13.8 Å². The Balaban J connectivity index is 3.92. The molecular weight excluding hydrogens is 264 g/mol. The minimum absolute atomic E-state index is 0.00583. The Morgan fingerprint density at radius 2 is 1.55 bits per heavy atom. The number of carbonyl (C=O) groups is 2. The van der Waals surface area contributed by atoms with Gasteiger partial charge in [-0.25, -0.2) is 0 Å². The molecule has 0 atom stereocenters. The van der Waals surface area contributed by atoms with Crippen LogP contribution in [0.3, 0.4) is 0 Å². The zero-order valence-corrected chi connectivity index (χ0v) is 12.4. The summed E-state index contributed by atoms with van der Waals surface area (Å²) in [6.07, 6.45) is 2.94. The lowest BCUT2D eigenvalue weighted by Gasteiger charge is -2.18. The van der Waals surface area contributed by atoms with Gasteiger partial charge in [0.25, 0.3) is 0 Å². The number of hydrogen-bond donors (Lipinski definition) is 1. The predicted molar refractivity (Wildman–Crippen MR) is 73.3 cm³/mol. The Morgan fingerprint density at radius 1 is 1.00 bits per heavy atom. The van der Waals surface area contributed by atoms with E-state index in [9.17, 15) is 9.59 Å². The van der Waals surface area contributed by atoms with Gasteiger partial charge in [-0.05, 0) is 12.8 Å². The smallest absolute Gasteiger partial charge is 0.306 e. The maximum Gasteiger partial charge on any atom is 0.306 e. The van der Waals surface area contributed by atoms with E-state index in [4.69, 9.17) is 19.3 Å². The molecule has 0 aliphatic carbocycles. The van der Waals surface area contributed by atoms with Gasteiger partial charge in [-0.1, -0.05) is 26.7 Å². The Kier molecular flexibility index (Phi) is 12.1. The third-order valence-corrected chi connectivity index (χ3v) is 2.53. The molecule has 0 fully saturated rings. The molecule has 0 unspecified atom stereocenters. The molecule has 0 radical (unpaired) electrons. The van der Waals surface area contributed by atoms with Crippen molar-refractivity contribution in [1.82, 2.24) is 0 Å². The molecule has 6 nitrogen and oxygen atoms in total. The highest BCUT2D eigenvalue weighted by atomic mass is 16.7. The second kappa shape index (κ2) is 12.9. The van der Waals surface area contributed by atoms with Crippen LogP contribution in [0.5, 0.6) is 0 Å². The van der Waals surface area contributed by atoms with Crippen molar-refractivity contribution in [2.24, 2.45) is 0 Å². The Labute approximate surface area is 120 Å². The van der Waals surface area contributed by atoms with E-state index in [0.29, 0.717) is 13.2 Å². The maximum absolute atomic E-state index is 11.3. The number of ether oxygens (including phenoxy) is 3. The number of aliphatic carboxylic acids is 1. The summed E-state index contributed by atoms with van der Waals surface area (Å²) in [6, 6.07) is 0. The molecule has 0 bridgehead atoms. The van der Waals surface area contributed by atoms with Gasteiger partial charge in [-0.2, -0.15) is 0 Å². The van der Waals surface area contributed by atoms with Gasteiger partial charge < -0.3 is 19.3 Å². The quantitative estimate of drug-likeness (QED) is 0.318. The number of carboxylic acids is 1. The monoisotopic (exact) mass is 290 g/mol. The first-order chi connectivity index (χ1) is 9.60. The van der Waals surface area contributed by atoms with Gasteiger partial charge in [0.2, 0.25) is 0 Å². The molecule has 0 spiro atoms. The van der Waals surface area contributed by atoms with E-state index in [0.717, 1.165) is 25.7 Å². The molecule has 118 valence electrons. The van der Waals surface area contributed by atoms with Crippen molar-refractivity contribution >= 4 is 11.9 Å². The van der Waals surface area contributed by atoms with Crippen LogP contribution in [0.15, 0.2) is 0 Å². The minimum Gasteiger partial charge on any atom is -0.481 e. The van der Waals surface area contributed by atoms with Crippen LogP contribution in [-0.2, 0) is 23.8 Å². The fourth-order valence-corrected chi connectivity index (χ4v) is 1.30. The molecule has 0 saturated carbocycles. The Morgan fingerprint density at radius 3 is 2.00 bits per heavy atom. The normalized spacial score (nSPS) is 10.8. The van der Waals surface area contributed by atoms with E-state index < -0.39 is 18.2 Å². The van der Waals surface area contributed by atoms with Crippen LogP contribution in [0, 0.1) is 0 Å². The fraction of sp³-hybridized carbons (Fsp3) is 0.857. The maximum atomic E-state index is 11.3.